The van der Waals surface area contributed by atoms with Crippen LogP contribution in [0.25, 0.3) is 0 Å². The zero-order valence-electron chi connectivity index (χ0n) is 18.2. The first-order valence-electron chi connectivity index (χ1n) is 10.3. The highest BCUT2D eigenvalue weighted by Crippen LogP contribution is 2.20. The molecule has 2 amide bonds. The molecular weight excluding hydrogens is 466 g/mol. The first-order valence-corrected chi connectivity index (χ1v) is 11.1. The molecule has 0 aliphatic rings. The Hall–Kier alpha value is -3.17. The minimum absolute atomic E-state index is 0.0690. The number of nitrogens with one attached hydrogen (secondary N) is 3. The van der Waals surface area contributed by atoms with Crippen LogP contribution in [0.5, 0.6) is 5.75 Å². The van der Waals surface area contributed by atoms with Gasteiger partial charge in [0.1, 0.15) is 5.75 Å². The maximum atomic E-state index is 11.9. The molecule has 0 spiro atoms. The molecular formula is C23H26ClN3O5S. The molecule has 0 fully saturated rings. The van der Waals surface area contributed by atoms with E-state index in [4.69, 9.17) is 33.3 Å². The number of carbonyl (C=O) groups is 3. The van der Waals surface area contributed by atoms with Gasteiger partial charge in [0.25, 0.3) is 5.91 Å². The first-order chi connectivity index (χ1) is 15.8. The second-order valence-corrected chi connectivity index (χ2v) is 7.88. The Kier molecular flexibility index (Phi) is 11.1. The van der Waals surface area contributed by atoms with Gasteiger partial charge < -0.3 is 14.8 Å². The summed E-state index contributed by atoms with van der Waals surface area (Å²) in [6, 6.07) is 14.9. The van der Waals surface area contributed by atoms with Gasteiger partial charge >= 0.3 is 5.97 Å². The van der Waals surface area contributed by atoms with Gasteiger partial charge in [-0.2, -0.15) is 0 Å². The van der Waals surface area contributed by atoms with E-state index in [2.05, 4.69) is 16.2 Å². The lowest BCUT2D eigenvalue weighted by Crippen LogP contribution is -2.49. The molecule has 0 aliphatic carbocycles. The summed E-state index contributed by atoms with van der Waals surface area (Å²) in [5, 5.41) is 2.87. The number of hydrazine groups is 1. The zero-order valence-corrected chi connectivity index (χ0v) is 19.8. The molecule has 0 bridgehead atoms. The van der Waals surface area contributed by atoms with Crippen molar-refractivity contribution in [3.8, 4) is 5.75 Å². The molecule has 8 nitrogen and oxygen atoms in total. The van der Waals surface area contributed by atoms with Crippen molar-refractivity contribution >= 4 is 46.7 Å². The molecule has 176 valence electrons. The van der Waals surface area contributed by atoms with E-state index in [-0.39, 0.29) is 24.6 Å². The molecule has 2 aromatic rings. The minimum atomic E-state index is -0.502. The van der Waals surface area contributed by atoms with Crippen molar-refractivity contribution in [1.82, 2.24) is 16.2 Å². The van der Waals surface area contributed by atoms with Crippen LogP contribution in [0.2, 0.25) is 5.02 Å². The quantitative estimate of drug-likeness (QED) is 0.203. The normalized spacial score (nSPS) is 10.1. The Morgan fingerprint density at radius 2 is 1.76 bits per heavy atom. The Morgan fingerprint density at radius 3 is 2.48 bits per heavy atom. The highest BCUT2D eigenvalue weighted by Gasteiger charge is 2.10. The average Bonchev–Trinajstić information content (AvgIpc) is 2.80. The monoisotopic (exact) mass is 491 g/mol. The summed E-state index contributed by atoms with van der Waals surface area (Å²) < 4.78 is 10.5. The van der Waals surface area contributed by atoms with Crippen LogP contribution < -0.4 is 20.9 Å². The molecule has 0 aliphatic heterocycles. The van der Waals surface area contributed by atoms with E-state index in [1.165, 1.54) is 5.56 Å². The van der Waals surface area contributed by atoms with Crippen molar-refractivity contribution < 1.29 is 23.9 Å². The van der Waals surface area contributed by atoms with Gasteiger partial charge in [-0.1, -0.05) is 41.9 Å². The van der Waals surface area contributed by atoms with Crippen molar-refractivity contribution in [3.05, 3.63) is 64.7 Å². The van der Waals surface area contributed by atoms with Gasteiger partial charge in [0, 0.05) is 11.4 Å². The minimum Gasteiger partial charge on any atom is -0.484 e. The Bertz CT molecular complexity index is 972. The number of hydrogen-bond donors (Lipinski definition) is 3. The summed E-state index contributed by atoms with van der Waals surface area (Å²) in [6.45, 7) is 1.85. The van der Waals surface area contributed by atoms with Gasteiger partial charge in [-0.15, -0.1) is 0 Å². The predicted octanol–water partition coefficient (Wildman–Crippen LogP) is 3.01. The molecule has 0 heterocycles. The predicted molar refractivity (Wildman–Crippen MR) is 129 cm³/mol. The summed E-state index contributed by atoms with van der Waals surface area (Å²) in [6.07, 6.45) is 1.36. The molecule has 0 unspecified atom stereocenters. The Morgan fingerprint density at radius 1 is 1.00 bits per heavy atom. The highest BCUT2D eigenvalue weighted by atomic mass is 35.5. The van der Waals surface area contributed by atoms with Crippen molar-refractivity contribution in [2.24, 2.45) is 0 Å². The number of halogens is 1. The summed E-state index contributed by atoms with van der Waals surface area (Å²) in [5.74, 6) is -0.941. The van der Waals surface area contributed by atoms with Gasteiger partial charge in [-0.25, -0.2) is 0 Å². The molecule has 0 saturated carbocycles. The lowest BCUT2D eigenvalue weighted by molar-refractivity contribution is -0.145. The van der Waals surface area contributed by atoms with Gasteiger partial charge in [0.2, 0.25) is 5.91 Å². The fraction of sp³-hybridized carbons (Fsp3) is 0.304. The highest BCUT2D eigenvalue weighted by molar-refractivity contribution is 7.80. The van der Waals surface area contributed by atoms with E-state index in [0.717, 1.165) is 12.0 Å². The molecule has 2 aromatic carbocycles. The van der Waals surface area contributed by atoms with Crippen molar-refractivity contribution in [2.75, 3.05) is 13.2 Å². The summed E-state index contributed by atoms with van der Waals surface area (Å²) >= 11 is 10.9. The smallest absolute Gasteiger partial charge is 0.306 e. The number of rotatable bonds is 10. The molecule has 0 atom stereocenters. The largest absolute Gasteiger partial charge is 0.484 e. The molecule has 0 saturated heterocycles. The SMILES string of the molecule is Cc1cc(OCC(=O)NNC(=S)NC(=O)CCC(=O)OCCCc2ccccc2)ccc1Cl. The molecule has 33 heavy (non-hydrogen) atoms. The van der Waals surface area contributed by atoms with Gasteiger partial charge in [0.15, 0.2) is 11.7 Å². The fourth-order valence-corrected chi connectivity index (χ4v) is 2.92. The third-order valence-corrected chi connectivity index (χ3v) is 4.97. The van der Waals surface area contributed by atoms with Crippen LogP contribution in [0.15, 0.2) is 48.5 Å². The third-order valence-electron chi connectivity index (χ3n) is 4.34. The standard InChI is InChI=1S/C23H26ClN3O5S/c1-16-14-18(9-10-19(16)24)32-15-21(29)26-27-23(33)25-20(28)11-12-22(30)31-13-5-8-17-6-3-2-4-7-17/h2-4,6-7,9-10,14H,5,8,11-13,15H2,1H3,(H,26,29)(H2,25,27,28,33). The number of aryl methyl sites for hydroxylation is 2. The van der Waals surface area contributed by atoms with Crippen LogP contribution in [0.1, 0.15) is 30.4 Å². The lowest BCUT2D eigenvalue weighted by atomic mass is 10.1. The number of esters is 1. The molecule has 0 radical (unpaired) electrons. The first kappa shape index (κ1) is 26.1. The number of carbonyl (C=O) groups excluding carboxylic acids is 3. The van der Waals surface area contributed by atoms with Crippen LogP contribution in [-0.4, -0.2) is 36.1 Å². The van der Waals surface area contributed by atoms with E-state index < -0.39 is 17.8 Å². The number of amides is 2. The second kappa shape index (κ2) is 14.1. The topological polar surface area (TPSA) is 106 Å². The van der Waals surface area contributed by atoms with Crippen LogP contribution in [0, 0.1) is 6.92 Å². The number of benzene rings is 2. The average molecular weight is 492 g/mol. The maximum absolute atomic E-state index is 11.9. The van der Waals surface area contributed by atoms with Gasteiger partial charge in [0.05, 0.1) is 13.0 Å². The molecule has 2 rings (SSSR count). The number of ether oxygens (including phenoxy) is 2. The van der Waals surface area contributed by atoms with Gasteiger partial charge in [-0.05, 0) is 61.3 Å². The van der Waals surface area contributed by atoms with E-state index >= 15 is 0 Å². The van der Waals surface area contributed by atoms with E-state index in [0.29, 0.717) is 23.8 Å². The van der Waals surface area contributed by atoms with E-state index in [1.54, 1.807) is 18.2 Å². The van der Waals surface area contributed by atoms with Crippen LogP contribution >= 0.6 is 23.8 Å². The molecule has 0 aromatic heterocycles. The lowest BCUT2D eigenvalue weighted by Gasteiger charge is -2.12. The van der Waals surface area contributed by atoms with E-state index in [9.17, 15) is 14.4 Å². The summed E-state index contributed by atoms with van der Waals surface area (Å²) in [4.78, 5) is 35.5. The fourth-order valence-electron chi connectivity index (χ4n) is 2.63. The van der Waals surface area contributed by atoms with Crippen LogP contribution in [0.4, 0.5) is 0 Å². The molecule has 3 N–H and O–H groups in total. The number of hydrogen-bond acceptors (Lipinski definition) is 6. The Balaban J connectivity index is 1.54. The maximum Gasteiger partial charge on any atom is 0.306 e. The van der Waals surface area contributed by atoms with Crippen molar-refractivity contribution in [3.63, 3.8) is 0 Å². The van der Waals surface area contributed by atoms with Gasteiger partial charge in [-0.3, -0.25) is 25.2 Å². The molecule has 10 heteroatoms. The van der Waals surface area contributed by atoms with Crippen molar-refractivity contribution in [1.29, 1.82) is 0 Å². The summed E-state index contributed by atoms with van der Waals surface area (Å²) in [5.41, 5.74) is 6.71. The van der Waals surface area contributed by atoms with Crippen molar-refractivity contribution in [2.45, 2.75) is 32.6 Å². The second-order valence-electron chi connectivity index (χ2n) is 7.06. The number of thiocarbonyl (C=S) groups is 1. The third kappa shape index (κ3) is 10.8. The van der Waals surface area contributed by atoms with E-state index in [1.807, 2.05) is 37.3 Å². The van der Waals surface area contributed by atoms with Crippen LogP contribution in [-0.2, 0) is 25.5 Å². The van der Waals surface area contributed by atoms with Crippen LogP contribution in [0.3, 0.4) is 0 Å². The zero-order chi connectivity index (χ0) is 24.1. The Labute approximate surface area is 202 Å². The summed E-state index contributed by atoms with van der Waals surface area (Å²) in [7, 11) is 0.